The number of nitriles is 1. The lowest BCUT2D eigenvalue weighted by atomic mass is 10.1. The molecule has 0 saturated carbocycles. The first-order valence-electron chi connectivity index (χ1n) is 10.4. The lowest BCUT2D eigenvalue weighted by molar-refractivity contribution is 0.242. The van der Waals surface area contributed by atoms with Crippen molar-refractivity contribution in [1.82, 2.24) is 14.6 Å². The van der Waals surface area contributed by atoms with Crippen LogP contribution < -0.4 is 15.4 Å². The summed E-state index contributed by atoms with van der Waals surface area (Å²) in [6.45, 7) is 5.44. The van der Waals surface area contributed by atoms with E-state index < -0.39 is 15.3 Å². The Hall–Kier alpha value is -3.16. The molecule has 9 nitrogen and oxygen atoms in total. The Morgan fingerprint density at radius 3 is 2.66 bits per heavy atom. The maximum Gasteiger partial charge on any atom is 0.138 e. The molecule has 0 atom stereocenters. The van der Waals surface area contributed by atoms with Gasteiger partial charge < -0.3 is 15.4 Å². The molecule has 2 N–H and O–H groups in total. The van der Waals surface area contributed by atoms with E-state index in [2.05, 4.69) is 25.4 Å². The third-order valence-electron chi connectivity index (χ3n) is 5.39. The first-order chi connectivity index (χ1) is 15.2. The van der Waals surface area contributed by atoms with Gasteiger partial charge in [0.15, 0.2) is 0 Å². The van der Waals surface area contributed by atoms with Gasteiger partial charge in [0.25, 0.3) is 0 Å². The van der Waals surface area contributed by atoms with E-state index >= 15 is 0 Å². The van der Waals surface area contributed by atoms with Gasteiger partial charge in [-0.3, -0.25) is 0 Å². The zero-order chi connectivity index (χ0) is 22.9. The van der Waals surface area contributed by atoms with Gasteiger partial charge in [0.05, 0.1) is 23.5 Å². The summed E-state index contributed by atoms with van der Waals surface area (Å²) < 4.78 is 24.0. The van der Waals surface area contributed by atoms with Crippen LogP contribution in [-0.4, -0.2) is 62.6 Å². The van der Waals surface area contributed by atoms with Crippen LogP contribution in [0.3, 0.4) is 0 Å². The number of hydrogen-bond acceptors (Lipinski definition) is 8. The molecule has 32 heavy (non-hydrogen) atoms. The fraction of sp³-hybridized carbons (Fsp3) is 0.409. The number of ether oxygens (including phenoxy) is 1. The molecule has 0 amide bonds. The summed E-state index contributed by atoms with van der Waals surface area (Å²) in [5.41, 5.74) is 8.39. The highest BCUT2D eigenvalue weighted by atomic mass is 32.2. The highest BCUT2D eigenvalue weighted by Crippen LogP contribution is 2.31. The van der Waals surface area contributed by atoms with Crippen LogP contribution in [0.5, 0.6) is 5.75 Å². The fourth-order valence-corrected chi connectivity index (χ4v) is 5.19. The van der Waals surface area contributed by atoms with E-state index in [-0.39, 0.29) is 0 Å². The fourth-order valence-electron chi connectivity index (χ4n) is 3.61. The van der Waals surface area contributed by atoms with Crippen molar-refractivity contribution < 1.29 is 8.95 Å². The standard InChI is InChI=1S/C22H27N7O2S/c1-22(2,24)15-31-18-10-19(21-17(11-23)13-27-29(21)14-18)16-4-5-20(26-12-16)28-6-8-32(30,25-3)9-7-28/h4-5,10,12-14H,6-9,15,24H2,1-3H3. The molecule has 1 saturated heterocycles. The number of nitrogens with zero attached hydrogens (tertiary/aromatic N) is 6. The van der Waals surface area contributed by atoms with E-state index in [1.165, 1.54) is 0 Å². The van der Waals surface area contributed by atoms with Crippen LogP contribution >= 0.6 is 0 Å². The van der Waals surface area contributed by atoms with Crippen LogP contribution in [0.15, 0.2) is 41.2 Å². The van der Waals surface area contributed by atoms with Gasteiger partial charge in [-0.05, 0) is 32.0 Å². The topological polar surface area (TPSA) is 122 Å². The number of anilines is 1. The van der Waals surface area contributed by atoms with E-state index in [4.69, 9.17) is 10.5 Å². The number of nitrogens with two attached hydrogens (primary N) is 1. The Morgan fingerprint density at radius 1 is 1.31 bits per heavy atom. The van der Waals surface area contributed by atoms with E-state index in [1.807, 2.05) is 32.0 Å². The first kappa shape index (κ1) is 22.0. The lowest BCUT2D eigenvalue weighted by Crippen LogP contribution is -2.40. The molecule has 0 aromatic carbocycles. The minimum atomic E-state index is -2.07. The molecule has 0 aliphatic carbocycles. The summed E-state index contributed by atoms with van der Waals surface area (Å²) in [5.74, 6) is 2.53. The lowest BCUT2D eigenvalue weighted by Gasteiger charge is -2.29. The van der Waals surface area contributed by atoms with Crippen molar-refractivity contribution in [1.29, 1.82) is 5.26 Å². The van der Waals surface area contributed by atoms with E-state index in [1.54, 1.807) is 30.2 Å². The summed E-state index contributed by atoms with van der Waals surface area (Å²) in [5, 5.41) is 13.9. The van der Waals surface area contributed by atoms with Crippen LogP contribution in [0.4, 0.5) is 5.82 Å². The van der Waals surface area contributed by atoms with Crippen LogP contribution in [-0.2, 0) is 9.73 Å². The Balaban J connectivity index is 1.67. The smallest absolute Gasteiger partial charge is 0.138 e. The largest absolute Gasteiger partial charge is 0.490 e. The Labute approximate surface area is 188 Å². The van der Waals surface area contributed by atoms with Gasteiger partial charge in [-0.2, -0.15) is 10.4 Å². The van der Waals surface area contributed by atoms with Gasteiger partial charge in [-0.25, -0.2) is 18.1 Å². The second-order valence-corrected chi connectivity index (χ2v) is 11.3. The predicted octanol–water partition coefficient (Wildman–Crippen LogP) is 2.30. The average molecular weight is 454 g/mol. The van der Waals surface area contributed by atoms with Crippen LogP contribution in [0.25, 0.3) is 16.6 Å². The molecule has 0 spiro atoms. The summed E-state index contributed by atoms with van der Waals surface area (Å²) in [6, 6.07) is 8.01. The van der Waals surface area contributed by atoms with Gasteiger partial charge >= 0.3 is 0 Å². The molecular weight excluding hydrogens is 426 g/mol. The molecule has 4 rings (SSSR count). The molecule has 0 radical (unpaired) electrons. The molecule has 3 aromatic heterocycles. The maximum atomic E-state index is 12.4. The van der Waals surface area contributed by atoms with Crippen LogP contribution in [0.2, 0.25) is 0 Å². The quantitative estimate of drug-likeness (QED) is 0.629. The average Bonchev–Trinajstić information content (AvgIpc) is 3.20. The minimum absolute atomic E-state index is 0.337. The Morgan fingerprint density at radius 2 is 2.06 bits per heavy atom. The molecule has 0 bridgehead atoms. The van der Waals surface area contributed by atoms with E-state index in [0.29, 0.717) is 48.0 Å². The van der Waals surface area contributed by atoms with Gasteiger partial charge in [0, 0.05) is 64.2 Å². The number of hydrogen-bond donors (Lipinski definition) is 1. The maximum absolute atomic E-state index is 12.4. The van der Waals surface area contributed by atoms with Crippen LogP contribution in [0, 0.1) is 11.3 Å². The zero-order valence-electron chi connectivity index (χ0n) is 18.5. The molecule has 1 aliphatic rings. The molecule has 3 aromatic rings. The third kappa shape index (κ3) is 4.54. The summed E-state index contributed by atoms with van der Waals surface area (Å²) in [7, 11) is -0.445. The molecule has 4 heterocycles. The molecule has 1 aliphatic heterocycles. The van der Waals surface area contributed by atoms with Gasteiger partial charge in [-0.1, -0.05) is 0 Å². The second kappa shape index (κ2) is 8.41. The predicted molar refractivity (Wildman–Crippen MR) is 125 cm³/mol. The van der Waals surface area contributed by atoms with Gasteiger partial charge in [0.2, 0.25) is 0 Å². The molecule has 1 fully saturated rings. The summed E-state index contributed by atoms with van der Waals surface area (Å²) >= 11 is 0. The number of aromatic nitrogens is 3. The summed E-state index contributed by atoms with van der Waals surface area (Å²) in [4.78, 5) is 6.76. The number of fused-ring (bicyclic) bond motifs is 1. The molecule has 10 heteroatoms. The highest BCUT2D eigenvalue weighted by molar-refractivity contribution is 7.93. The molecule has 0 unspecified atom stereocenters. The van der Waals surface area contributed by atoms with Crippen molar-refractivity contribution in [3.8, 4) is 22.9 Å². The molecular formula is C22H27N7O2S. The number of pyridine rings is 2. The Kier molecular flexibility index (Phi) is 5.79. The summed E-state index contributed by atoms with van der Waals surface area (Å²) in [6.07, 6.45) is 5.07. The van der Waals surface area contributed by atoms with Crippen molar-refractivity contribution in [3.63, 3.8) is 0 Å². The highest BCUT2D eigenvalue weighted by Gasteiger charge is 2.21. The third-order valence-corrected chi connectivity index (χ3v) is 7.70. The van der Waals surface area contributed by atoms with Crippen molar-refractivity contribution in [2.75, 3.05) is 43.1 Å². The Bertz CT molecular complexity index is 1280. The van der Waals surface area contributed by atoms with Crippen molar-refractivity contribution in [2.45, 2.75) is 19.4 Å². The van der Waals surface area contributed by atoms with Crippen molar-refractivity contribution in [3.05, 3.63) is 42.4 Å². The second-order valence-electron chi connectivity index (χ2n) is 8.59. The SMILES string of the molecule is CN=S1(=O)CCN(c2ccc(-c3cc(OCC(C)(C)N)cn4ncc(C#N)c34)cn2)CC1. The number of rotatable bonds is 5. The first-order valence-corrected chi connectivity index (χ1v) is 12.2. The monoisotopic (exact) mass is 453 g/mol. The van der Waals surface area contributed by atoms with Gasteiger partial charge in [-0.15, -0.1) is 0 Å². The normalized spacial score (nSPS) is 16.0. The van der Waals surface area contributed by atoms with Crippen molar-refractivity contribution in [2.24, 2.45) is 10.1 Å². The zero-order valence-corrected chi connectivity index (χ0v) is 19.3. The van der Waals surface area contributed by atoms with Crippen molar-refractivity contribution >= 4 is 21.1 Å². The molecule has 168 valence electrons. The van der Waals surface area contributed by atoms with E-state index in [0.717, 1.165) is 16.9 Å². The van der Waals surface area contributed by atoms with Gasteiger partial charge in [0.1, 0.15) is 24.2 Å². The van der Waals surface area contributed by atoms with E-state index in [9.17, 15) is 9.47 Å². The minimum Gasteiger partial charge on any atom is -0.490 e. The van der Waals surface area contributed by atoms with Crippen LogP contribution in [0.1, 0.15) is 19.4 Å².